The Hall–Kier alpha value is -3.08. The van der Waals surface area contributed by atoms with Crippen LogP contribution in [0.15, 0.2) is 60.7 Å². The van der Waals surface area contributed by atoms with E-state index in [2.05, 4.69) is 58.5 Å². The minimum atomic E-state index is 0.678. The number of nitrogens with one attached hydrogen (secondary N) is 1. The average Bonchev–Trinajstić information content (AvgIpc) is 2.75. The fourth-order valence-corrected chi connectivity index (χ4v) is 3.70. The summed E-state index contributed by atoms with van der Waals surface area (Å²) in [6.07, 6.45) is 2.55. The van der Waals surface area contributed by atoms with Crippen LogP contribution in [0.5, 0.6) is 0 Å². The molecule has 3 aromatic rings. The van der Waals surface area contributed by atoms with Gasteiger partial charge in [-0.05, 0) is 62.1 Å². The first-order chi connectivity index (χ1) is 14.1. The zero-order valence-electron chi connectivity index (χ0n) is 17.5. The lowest BCUT2D eigenvalue weighted by Gasteiger charge is -2.32. The van der Waals surface area contributed by atoms with Gasteiger partial charge in [0, 0.05) is 49.0 Å². The SMILES string of the molecule is Cc1cc(Nc2ccc(N3CCC(C)CC3)cc2)nc(N(C)c2ccccc2)n1. The molecule has 29 heavy (non-hydrogen) atoms. The summed E-state index contributed by atoms with van der Waals surface area (Å²) in [6.45, 7) is 6.63. The van der Waals surface area contributed by atoms with Crippen molar-refractivity contribution in [3.05, 3.63) is 66.4 Å². The van der Waals surface area contributed by atoms with Crippen LogP contribution < -0.4 is 15.1 Å². The Kier molecular flexibility index (Phi) is 5.65. The number of benzene rings is 2. The molecule has 1 aliphatic rings. The molecule has 0 spiro atoms. The number of aromatic nitrogens is 2. The number of aryl methyl sites for hydroxylation is 1. The van der Waals surface area contributed by atoms with Gasteiger partial charge in [0.25, 0.3) is 0 Å². The number of para-hydroxylation sites is 1. The highest BCUT2D eigenvalue weighted by Crippen LogP contribution is 2.26. The van der Waals surface area contributed by atoms with Crippen LogP contribution >= 0.6 is 0 Å². The van der Waals surface area contributed by atoms with Gasteiger partial charge < -0.3 is 15.1 Å². The van der Waals surface area contributed by atoms with Gasteiger partial charge in [-0.15, -0.1) is 0 Å². The van der Waals surface area contributed by atoms with E-state index >= 15 is 0 Å². The van der Waals surface area contributed by atoms with Crippen molar-refractivity contribution in [2.75, 3.05) is 35.3 Å². The lowest BCUT2D eigenvalue weighted by Crippen LogP contribution is -2.32. The highest BCUT2D eigenvalue weighted by molar-refractivity contribution is 5.63. The van der Waals surface area contributed by atoms with Crippen molar-refractivity contribution in [2.45, 2.75) is 26.7 Å². The number of rotatable bonds is 5. The summed E-state index contributed by atoms with van der Waals surface area (Å²) in [7, 11) is 1.99. The second-order valence-electron chi connectivity index (χ2n) is 7.93. The molecule has 1 N–H and O–H groups in total. The van der Waals surface area contributed by atoms with E-state index in [1.165, 1.54) is 18.5 Å². The highest BCUT2D eigenvalue weighted by Gasteiger charge is 2.16. The van der Waals surface area contributed by atoms with Crippen molar-refractivity contribution >= 4 is 28.8 Å². The fraction of sp³-hybridized carbons (Fsp3) is 0.333. The first-order valence-electron chi connectivity index (χ1n) is 10.3. The van der Waals surface area contributed by atoms with E-state index in [0.717, 1.165) is 41.9 Å². The largest absolute Gasteiger partial charge is 0.372 e. The second kappa shape index (κ2) is 8.52. The van der Waals surface area contributed by atoms with Gasteiger partial charge in [0.15, 0.2) is 0 Å². The summed E-state index contributed by atoms with van der Waals surface area (Å²) >= 11 is 0. The number of hydrogen-bond acceptors (Lipinski definition) is 5. The van der Waals surface area contributed by atoms with E-state index < -0.39 is 0 Å². The molecule has 1 saturated heterocycles. The Labute approximate surface area is 173 Å². The summed E-state index contributed by atoms with van der Waals surface area (Å²) in [5.74, 6) is 2.32. The van der Waals surface area contributed by atoms with Gasteiger partial charge in [0.1, 0.15) is 5.82 Å². The van der Waals surface area contributed by atoms with E-state index in [1.54, 1.807) is 0 Å². The summed E-state index contributed by atoms with van der Waals surface area (Å²) in [4.78, 5) is 13.8. The molecule has 0 atom stereocenters. The third-order valence-corrected chi connectivity index (χ3v) is 5.57. The number of hydrogen-bond donors (Lipinski definition) is 1. The summed E-state index contributed by atoms with van der Waals surface area (Å²) in [5.41, 5.74) is 4.32. The zero-order valence-corrected chi connectivity index (χ0v) is 17.5. The lowest BCUT2D eigenvalue weighted by atomic mass is 9.99. The predicted octanol–water partition coefficient (Wildman–Crippen LogP) is 5.53. The monoisotopic (exact) mass is 387 g/mol. The third kappa shape index (κ3) is 4.67. The molecule has 5 heteroatoms. The van der Waals surface area contributed by atoms with Gasteiger partial charge in [-0.2, -0.15) is 4.98 Å². The average molecular weight is 388 g/mol. The molecule has 0 bridgehead atoms. The maximum atomic E-state index is 4.72. The van der Waals surface area contributed by atoms with Crippen LogP contribution in [0.1, 0.15) is 25.5 Å². The Balaban J connectivity index is 1.48. The molecule has 150 valence electrons. The molecule has 1 aromatic heterocycles. The van der Waals surface area contributed by atoms with E-state index in [1.807, 2.05) is 43.1 Å². The maximum absolute atomic E-state index is 4.72. The normalized spacial score (nSPS) is 14.7. The molecule has 5 nitrogen and oxygen atoms in total. The van der Waals surface area contributed by atoms with Gasteiger partial charge in [-0.25, -0.2) is 4.98 Å². The molecular formula is C24H29N5. The molecule has 2 aromatic carbocycles. The van der Waals surface area contributed by atoms with E-state index in [4.69, 9.17) is 4.98 Å². The Bertz CT molecular complexity index is 931. The summed E-state index contributed by atoms with van der Waals surface area (Å²) in [5, 5.41) is 3.43. The molecule has 2 heterocycles. The van der Waals surface area contributed by atoms with E-state index in [9.17, 15) is 0 Å². The van der Waals surface area contributed by atoms with E-state index in [0.29, 0.717) is 5.95 Å². The van der Waals surface area contributed by atoms with Crippen molar-refractivity contribution in [1.82, 2.24) is 9.97 Å². The van der Waals surface area contributed by atoms with Crippen LogP contribution in [0.25, 0.3) is 0 Å². The number of nitrogens with zero attached hydrogens (tertiary/aromatic N) is 4. The van der Waals surface area contributed by atoms with Gasteiger partial charge >= 0.3 is 0 Å². The summed E-state index contributed by atoms with van der Waals surface area (Å²) in [6, 6.07) is 20.8. The molecule has 0 unspecified atom stereocenters. The van der Waals surface area contributed by atoms with Crippen LogP contribution in [-0.2, 0) is 0 Å². The van der Waals surface area contributed by atoms with Crippen molar-refractivity contribution in [3.8, 4) is 0 Å². The number of anilines is 5. The quantitative estimate of drug-likeness (QED) is 0.623. The second-order valence-corrected chi connectivity index (χ2v) is 7.93. The van der Waals surface area contributed by atoms with Gasteiger partial charge in [-0.3, -0.25) is 0 Å². The fourth-order valence-electron chi connectivity index (χ4n) is 3.70. The molecule has 4 rings (SSSR count). The van der Waals surface area contributed by atoms with Crippen LogP contribution in [0.2, 0.25) is 0 Å². The van der Waals surface area contributed by atoms with Gasteiger partial charge in [0.05, 0.1) is 0 Å². The molecule has 1 fully saturated rings. The molecule has 0 amide bonds. The van der Waals surface area contributed by atoms with Gasteiger partial charge in [-0.1, -0.05) is 25.1 Å². The Morgan fingerprint density at radius 2 is 1.66 bits per heavy atom. The smallest absolute Gasteiger partial charge is 0.231 e. The molecular weight excluding hydrogens is 358 g/mol. The van der Waals surface area contributed by atoms with Crippen molar-refractivity contribution < 1.29 is 0 Å². The Morgan fingerprint density at radius 1 is 0.966 bits per heavy atom. The minimum Gasteiger partial charge on any atom is -0.372 e. The first-order valence-corrected chi connectivity index (χ1v) is 10.3. The molecule has 0 radical (unpaired) electrons. The van der Waals surface area contributed by atoms with Crippen molar-refractivity contribution in [2.24, 2.45) is 5.92 Å². The maximum Gasteiger partial charge on any atom is 0.231 e. The van der Waals surface area contributed by atoms with Crippen LogP contribution in [0.4, 0.5) is 28.8 Å². The summed E-state index contributed by atoms with van der Waals surface area (Å²) < 4.78 is 0. The van der Waals surface area contributed by atoms with Crippen LogP contribution in [-0.4, -0.2) is 30.1 Å². The third-order valence-electron chi connectivity index (χ3n) is 5.57. The van der Waals surface area contributed by atoms with Crippen molar-refractivity contribution in [3.63, 3.8) is 0 Å². The topological polar surface area (TPSA) is 44.3 Å². The number of piperidine rings is 1. The Morgan fingerprint density at radius 3 is 2.34 bits per heavy atom. The van der Waals surface area contributed by atoms with E-state index in [-0.39, 0.29) is 0 Å². The molecule has 0 saturated carbocycles. The lowest BCUT2D eigenvalue weighted by molar-refractivity contribution is 0.438. The molecule has 1 aliphatic heterocycles. The zero-order chi connectivity index (χ0) is 20.2. The highest BCUT2D eigenvalue weighted by atomic mass is 15.3. The minimum absolute atomic E-state index is 0.678. The standard InChI is InChI=1S/C24H29N5/c1-18-13-15-29(16-14-18)22-11-9-20(10-12-22)26-23-17-19(2)25-24(27-23)28(3)21-7-5-4-6-8-21/h4-12,17-18H,13-16H2,1-3H3,(H,25,26,27). The predicted molar refractivity (Wildman–Crippen MR) is 122 cm³/mol. The van der Waals surface area contributed by atoms with Crippen molar-refractivity contribution in [1.29, 1.82) is 0 Å². The van der Waals surface area contributed by atoms with Crippen LogP contribution in [0, 0.1) is 12.8 Å². The van der Waals surface area contributed by atoms with Gasteiger partial charge in [0.2, 0.25) is 5.95 Å². The van der Waals surface area contributed by atoms with Crippen LogP contribution in [0.3, 0.4) is 0 Å². The molecule has 0 aliphatic carbocycles. The first kappa shape index (κ1) is 19.2.